The number of carbonyl (C=O) groups excluding carboxylic acids is 3. The van der Waals surface area contributed by atoms with Gasteiger partial charge in [-0.2, -0.15) is 8.78 Å². The van der Waals surface area contributed by atoms with Gasteiger partial charge < -0.3 is 25.0 Å². The minimum absolute atomic E-state index is 0.0420. The summed E-state index contributed by atoms with van der Waals surface area (Å²) >= 11 is 7.12. The lowest BCUT2D eigenvalue weighted by Gasteiger charge is -2.32. The Kier molecular flexibility index (Phi) is 10.3. The number of carbonyl (C=O) groups is 3. The topological polar surface area (TPSA) is 100 Å². The van der Waals surface area contributed by atoms with Crippen LogP contribution in [0.4, 0.5) is 20.2 Å². The lowest BCUT2D eigenvalue weighted by Crippen LogP contribution is -2.52. The molecule has 40 heavy (non-hydrogen) atoms. The second kappa shape index (κ2) is 13.7. The molecule has 2 N–H and O–H groups in total. The van der Waals surface area contributed by atoms with Gasteiger partial charge in [0.2, 0.25) is 5.91 Å². The number of hydrogen-bond acceptors (Lipinski definition) is 7. The molecule has 9 nitrogen and oxygen atoms in total. The maximum atomic E-state index is 13.7. The molecular formula is C27H33ClF2N4O5S. The summed E-state index contributed by atoms with van der Waals surface area (Å²) in [6.07, 6.45) is 2.16. The van der Waals surface area contributed by atoms with Crippen LogP contribution in [-0.4, -0.2) is 74.7 Å². The molecule has 2 heterocycles. The van der Waals surface area contributed by atoms with Crippen molar-refractivity contribution in [1.82, 2.24) is 10.2 Å². The Balaban J connectivity index is 1.55. The molecule has 2 fully saturated rings. The Hall–Kier alpha value is -2.80. The van der Waals surface area contributed by atoms with E-state index in [0.29, 0.717) is 28.2 Å². The Morgan fingerprint density at radius 1 is 1.25 bits per heavy atom. The van der Waals surface area contributed by atoms with Crippen molar-refractivity contribution in [1.29, 1.82) is 0 Å². The van der Waals surface area contributed by atoms with Gasteiger partial charge in [-0.1, -0.05) is 25.4 Å². The minimum Gasteiger partial charge on any atom is -0.433 e. The molecule has 3 amide bonds. The monoisotopic (exact) mass is 598 g/mol. The number of morpholine rings is 1. The quantitative estimate of drug-likeness (QED) is 0.353. The zero-order valence-corrected chi connectivity index (χ0v) is 23.9. The van der Waals surface area contributed by atoms with Gasteiger partial charge in [0.1, 0.15) is 12.6 Å². The van der Waals surface area contributed by atoms with Crippen molar-refractivity contribution in [3.63, 3.8) is 0 Å². The first-order valence-electron chi connectivity index (χ1n) is 13.2. The van der Waals surface area contributed by atoms with Gasteiger partial charge in [-0.15, -0.1) is 11.3 Å². The number of alkyl halides is 2. The predicted octanol–water partition coefficient (Wildman–Crippen LogP) is 4.47. The first kappa shape index (κ1) is 30.2. The van der Waals surface area contributed by atoms with Crippen molar-refractivity contribution in [2.24, 2.45) is 11.8 Å². The number of nitrogens with zero attached hydrogens (tertiary/aromatic N) is 2. The molecule has 0 radical (unpaired) electrons. The highest BCUT2D eigenvalue weighted by Crippen LogP contribution is 2.34. The van der Waals surface area contributed by atoms with E-state index in [-0.39, 0.29) is 61.2 Å². The molecule has 4 rings (SSSR count). The molecule has 2 aromatic rings. The van der Waals surface area contributed by atoms with Gasteiger partial charge in [0, 0.05) is 37.9 Å². The van der Waals surface area contributed by atoms with Crippen LogP contribution < -0.4 is 20.3 Å². The fraction of sp³-hybridized carbons (Fsp3) is 0.519. The average molecular weight is 599 g/mol. The fourth-order valence-corrected chi connectivity index (χ4v) is 5.49. The molecule has 1 saturated heterocycles. The average Bonchev–Trinajstić information content (AvgIpc) is 3.60. The standard InChI is InChI=1S/C27H33ClF2N4O5S/c1-16(2)13-33(14-17-3-4-17)20(12-31-26(37)22-7-8-23(28)40-22)25(36)32-18-5-6-19(21(11-18)39-27(29)30)34-9-10-38-15-24(34)35/h5-8,11,16-17,20,27H,3-4,9-10,12-15H2,1-2H3,(H,31,37)(H,32,36)/t20-/m0/s1. The SMILES string of the molecule is CC(C)CN(CC1CC1)[C@@H](CNC(=O)c1ccc(Cl)s1)C(=O)Nc1ccc(N2CCOCC2=O)c(OC(F)F)c1. The molecule has 1 aromatic heterocycles. The van der Waals surface area contributed by atoms with E-state index in [1.54, 1.807) is 12.1 Å². The molecule has 1 aromatic carbocycles. The first-order valence-corrected chi connectivity index (χ1v) is 14.4. The van der Waals surface area contributed by atoms with Gasteiger partial charge in [-0.3, -0.25) is 19.3 Å². The molecule has 1 aliphatic carbocycles. The summed E-state index contributed by atoms with van der Waals surface area (Å²) in [5.74, 6) is -0.606. The van der Waals surface area contributed by atoms with Gasteiger partial charge in [0.25, 0.3) is 11.8 Å². The van der Waals surface area contributed by atoms with E-state index in [1.165, 1.54) is 23.1 Å². The van der Waals surface area contributed by atoms with Crippen LogP contribution in [0.1, 0.15) is 36.4 Å². The number of hydrogen-bond donors (Lipinski definition) is 2. The van der Waals surface area contributed by atoms with E-state index in [1.807, 2.05) is 0 Å². The third-order valence-corrected chi connectivity index (χ3v) is 7.74. The number of amides is 3. The van der Waals surface area contributed by atoms with Crippen LogP contribution in [0.25, 0.3) is 0 Å². The largest absolute Gasteiger partial charge is 0.433 e. The molecule has 13 heteroatoms. The van der Waals surface area contributed by atoms with Crippen LogP contribution in [0.2, 0.25) is 4.34 Å². The van der Waals surface area contributed by atoms with Crippen LogP contribution in [0.15, 0.2) is 30.3 Å². The van der Waals surface area contributed by atoms with Gasteiger partial charge in [0.05, 0.1) is 21.5 Å². The Labute approximate surface area is 240 Å². The molecule has 1 aliphatic heterocycles. The smallest absolute Gasteiger partial charge is 0.387 e. The Morgan fingerprint density at radius 2 is 2.02 bits per heavy atom. The zero-order valence-electron chi connectivity index (χ0n) is 22.3. The van der Waals surface area contributed by atoms with Crippen molar-refractivity contribution in [2.75, 3.05) is 49.6 Å². The summed E-state index contributed by atoms with van der Waals surface area (Å²) in [4.78, 5) is 42.6. The number of halogens is 3. The van der Waals surface area contributed by atoms with Crippen LogP contribution in [0.3, 0.4) is 0 Å². The highest BCUT2D eigenvalue weighted by atomic mass is 35.5. The molecular weight excluding hydrogens is 566 g/mol. The maximum Gasteiger partial charge on any atom is 0.387 e. The summed E-state index contributed by atoms with van der Waals surface area (Å²) in [6, 6.07) is 6.81. The molecule has 2 aliphatic rings. The number of benzene rings is 1. The van der Waals surface area contributed by atoms with Crippen molar-refractivity contribution >= 4 is 52.0 Å². The number of ether oxygens (including phenoxy) is 2. The van der Waals surface area contributed by atoms with Gasteiger partial charge in [0.15, 0.2) is 5.75 Å². The summed E-state index contributed by atoms with van der Waals surface area (Å²) in [5, 5.41) is 5.66. The number of thiophene rings is 1. The third-order valence-electron chi connectivity index (χ3n) is 6.51. The Morgan fingerprint density at radius 3 is 2.65 bits per heavy atom. The summed E-state index contributed by atoms with van der Waals surface area (Å²) in [7, 11) is 0. The third kappa shape index (κ3) is 8.35. The molecule has 0 bridgehead atoms. The van der Waals surface area contributed by atoms with Crippen LogP contribution in [0.5, 0.6) is 5.75 Å². The predicted molar refractivity (Wildman–Crippen MR) is 149 cm³/mol. The van der Waals surface area contributed by atoms with Crippen molar-refractivity contribution < 1.29 is 32.6 Å². The molecule has 1 saturated carbocycles. The number of anilines is 2. The summed E-state index contributed by atoms with van der Waals surface area (Å²) in [5.41, 5.74) is 0.391. The molecule has 0 spiro atoms. The highest BCUT2D eigenvalue weighted by Gasteiger charge is 2.33. The van der Waals surface area contributed by atoms with Gasteiger partial charge in [-0.25, -0.2) is 0 Å². The maximum absolute atomic E-state index is 13.7. The van der Waals surface area contributed by atoms with Gasteiger partial charge >= 0.3 is 6.61 Å². The van der Waals surface area contributed by atoms with Crippen molar-refractivity contribution in [3.8, 4) is 5.75 Å². The van der Waals surface area contributed by atoms with E-state index in [4.69, 9.17) is 21.1 Å². The molecule has 218 valence electrons. The van der Waals surface area contributed by atoms with E-state index < -0.39 is 18.6 Å². The summed E-state index contributed by atoms with van der Waals surface area (Å²) < 4.78 is 36.9. The normalized spacial score (nSPS) is 16.5. The lowest BCUT2D eigenvalue weighted by atomic mass is 10.1. The number of nitrogens with one attached hydrogen (secondary N) is 2. The van der Waals surface area contributed by atoms with Crippen LogP contribution in [-0.2, 0) is 14.3 Å². The second-order valence-electron chi connectivity index (χ2n) is 10.3. The van der Waals surface area contributed by atoms with E-state index >= 15 is 0 Å². The van der Waals surface area contributed by atoms with E-state index in [9.17, 15) is 23.2 Å². The fourth-order valence-electron chi connectivity index (χ4n) is 4.53. The summed E-state index contributed by atoms with van der Waals surface area (Å²) in [6.45, 7) is 2.64. The Bertz CT molecular complexity index is 1210. The van der Waals surface area contributed by atoms with Crippen LogP contribution in [0, 0.1) is 11.8 Å². The number of rotatable bonds is 13. The van der Waals surface area contributed by atoms with Crippen molar-refractivity contribution in [2.45, 2.75) is 39.3 Å². The van der Waals surface area contributed by atoms with E-state index in [0.717, 1.165) is 24.2 Å². The second-order valence-corrected chi connectivity index (χ2v) is 12.0. The lowest BCUT2D eigenvalue weighted by molar-refractivity contribution is -0.126. The minimum atomic E-state index is -3.13. The highest BCUT2D eigenvalue weighted by molar-refractivity contribution is 7.18. The van der Waals surface area contributed by atoms with E-state index in [2.05, 4.69) is 29.4 Å². The first-order chi connectivity index (χ1) is 19.1. The molecule has 0 unspecified atom stereocenters. The zero-order chi connectivity index (χ0) is 28.8. The van der Waals surface area contributed by atoms with Crippen LogP contribution >= 0.6 is 22.9 Å². The molecule has 1 atom stereocenters. The van der Waals surface area contributed by atoms with Crippen molar-refractivity contribution in [3.05, 3.63) is 39.5 Å². The van der Waals surface area contributed by atoms with Gasteiger partial charge in [-0.05, 0) is 48.9 Å².